The summed E-state index contributed by atoms with van der Waals surface area (Å²) in [5.41, 5.74) is 6.00. The molecule has 0 saturated heterocycles. The second-order valence-corrected chi connectivity index (χ2v) is 18.8. The number of rotatable bonds is 2. The van der Waals surface area contributed by atoms with Crippen molar-refractivity contribution in [1.29, 1.82) is 0 Å². The van der Waals surface area contributed by atoms with Crippen molar-refractivity contribution >= 4 is 12.2 Å². The van der Waals surface area contributed by atoms with E-state index in [4.69, 9.17) is 0 Å². The minimum absolute atomic E-state index is 0. The van der Waals surface area contributed by atoms with Crippen LogP contribution in [-0.4, -0.2) is 0 Å². The standard InChI is InChI=1S/2C9H7.2CH3.2ClH.Zr/c2*1-2-5-9-7-3-6-8(9)4-1;;;;;/h2*1-7H;2*1H3;2*1H;/q;;;;;;+2/p-2. The van der Waals surface area contributed by atoms with Gasteiger partial charge in [-0.3, -0.25) is 0 Å². The van der Waals surface area contributed by atoms with Gasteiger partial charge in [-0.15, -0.1) is 0 Å². The normalized spacial score (nSPS) is 19.7. The molecule has 0 heterocycles. The summed E-state index contributed by atoms with van der Waals surface area (Å²) in [5.74, 6) is 0. The fourth-order valence-electron chi connectivity index (χ4n) is 3.99. The summed E-state index contributed by atoms with van der Waals surface area (Å²) in [5, 5.41) is 0. The Kier molecular flexibility index (Phi) is 5.77. The van der Waals surface area contributed by atoms with E-state index in [1.165, 1.54) is 11.1 Å². The number of halogens is 2. The Morgan fingerprint density at radius 1 is 0.652 bits per heavy atom. The zero-order chi connectivity index (χ0) is 14.4. The Balaban J connectivity index is 0.000000960. The van der Waals surface area contributed by atoms with Crippen LogP contribution in [0, 0.1) is 0 Å². The Bertz CT molecular complexity index is 698. The van der Waals surface area contributed by atoms with Crippen LogP contribution in [0.4, 0.5) is 0 Å². The van der Waals surface area contributed by atoms with Crippen molar-refractivity contribution in [2.24, 2.45) is 0 Å². The Hall–Kier alpha value is -0.617. The summed E-state index contributed by atoms with van der Waals surface area (Å²) in [7, 11) is 0. The van der Waals surface area contributed by atoms with Gasteiger partial charge in [-0.2, -0.15) is 0 Å². The smallest absolute Gasteiger partial charge is 1.00 e. The van der Waals surface area contributed by atoms with E-state index in [1.54, 1.807) is 11.1 Å². The Morgan fingerprint density at radius 3 is 1.48 bits per heavy atom. The van der Waals surface area contributed by atoms with Crippen molar-refractivity contribution in [1.82, 2.24) is 0 Å². The topological polar surface area (TPSA) is 0 Å². The monoisotopic (exact) mass is 420 g/mol. The minimum atomic E-state index is -2.38. The summed E-state index contributed by atoms with van der Waals surface area (Å²) in [4.78, 5) is 0. The van der Waals surface area contributed by atoms with Gasteiger partial charge in [-0.05, 0) is 0 Å². The first kappa shape index (κ1) is 18.7. The van der Waals surface area contributed by atoms with Crippen molar-refractivity contribution in [3.63, 3.8) is 0 Å². The average Bonchev–Trinajstić information content (AvgIpc) is 3.12. The first-order valence-corrected chi connectivity index (χ1v) is 15.5. The molecule has 2 atom stereocenters. The first-order chi connectivity index (χ1) is 10.2. The van der Waals surface area contributed by atoms with Crippen molar-refractivity contribution in [2.45, 2.75) is 16.5 Å². The maximum atomic E-state index is 2.61. The molecule has 2 aliphatic carbocycles. The van der Waals surface area contributed by atoms with E-state index in [0.717, 1.165) is 0 Å². The summed E-state index contributed by atoms with van der Waals surface area (Å²) < 4.78 is 6.61. The van der Waals surface area contributed by atoms with Gasteiger partial charge in [-0.1, -0.05) is 0 Å². The predicted octanol–water partition coefficient (Wildman–Crippen LogP) is -0.219. The van der Waals surface area contributed by atoms with Gasteiger partial charge in [0.15, 0.2) is 0 Å². The molecule has 0 spiro atoms. The van der Waals surface area contributed by atoms with Gasteiger partial charge in [0, 0.05) is 0 Å². The van der Waals surface area contributed by atoms with Crippen LogP contribution in [0.15, 0.2) is 60.7 Å². The molecule has 2 aromatic rings. The maximum Gasteiger partial charge on any atom is -1.00 e. The van der Waals surface area contributed by atoms with Gasteiger partial charge in [0.2, 0.25) is 0 Å². The van der Waals surface area contributed by atoms with Crippen LogP contribution < -0.4 is 24.8 Å². The molecule has 0 bridgehead atoms. The van der Waals surface area contributed by atoms with Gasteiger partial charge in [0.05, 0.1) is 0 Å². The molecule has 0 N–H and O–H groups in total. The molecule has 23 heavy (non-hydrogen) atoms. The quantitative estimate of drug-likeness (QED) is 0.628. The molecule has 0 amide bonds. The summed E-state index contributed by atoms with van der Waals surface area (Å²) in [6, 6.07) is 17.9. The molecule has 4 rings (SSSR count). The fourth-order valence-corrected chi connectivity index (χ4v) is 13.1. The van der Waals surface area contributed by atoms with Crippen molar-refractivity contribution < 1.29 is 45.1 Å². The molecule has 0 fully saturated rings. The maximum absolute atomic E-state index is 2.61. The van der Waals surface area contributed by atoms with Crippen molar-refractivity contribution in [3.05, 3.63) is 82.9 Å². The van der Waals surface area contributed by atoms with Crippen LogP contribution in [0.3, 0.4) is 0 Å². The fraction of sp³-hybridized carbons (Fsp3) is 0.200. The van der Waals surface area contributed by atoms with Crippen LogP contribution >= 0.6 is 0 Å². The third-order valence-electron chi connectivity index (χ3n) is 5.20. The number of benzene rings is 2. The zero-order valence-corrected chi connectivity index (χ0v) is 17.3. The van der Waals surface area contributed by atoms with E-state index in [9.17, 15) is 0 Å². The third-order valence-corrected chi connectivity index (χ3v) is 15.6. The van der Waals surface area contributed by atoms with Crippen LogP contribution in [-0.2, 0) is 20.3 Å². The van der Waals surface area contributed by atoms with Crippen LogP contribution in [0.5, 0.6) is 0 Å². The average molecular weight is 423 g/mol. The second kappa shape index (κ2) is 7.10. The summed E-state index contributed by atoms with van der Waals surface area (Å²) in [6.45, 7) is 0. The van der Waals surface area contributed by atoms with E-state index in [-0.39, 0.29) is 24.8 Å². The molecule has 2 aliphatic rings. The molecule has 118 valence electrons. The van der Waals surface area contributed by atoms with Gasteiger partial charge in [0.25, 0.3) is 0 Å². The Labute approximate surface area is 155 Å². The molecule has 3 heteroatoms. The number of fused-ring (bicyclic) bond motifs is 2. The molecule has 2 aromatic carbocycles. The zero-order valence-electron chi connectivity index (χ0n) is 13.3. The summed E-state index contributed by atoms with van der Waals surface area (Å²) in [6.07, 6.45) is 9.64. The van der Waals surface area contributed by atoms with Crippen LogP contribution in [0.2, 0.25) is 9.26 Å². The van der Waals surface area contributed by atoms with E-state index in [1.807, 2.05) is 0 Å². The first-order valence-electron chi connectivity index (χ1n) is 7.72. The van der Waals surface area contributed by atoms with Crippen molar-refractivity contribution in [2.75, 3.05) is 0 Å². The summed E-state index contributed by atoms with van der Waals surface area (Å²) >= 11 is -2.38. The molecule has 0 nitrogen and oxygen atoms in total. The number of allylic oxidation sites excluding steroid dienone is 2. The number of hydrogen-bond donors (Lipinski definition) is 0. The molecule has 0 aliphatic heterocycles. The Morgan fingerprint density at radius 2 is 1.04 bits per heavy atom. The molecular formula is C20H20Cl2Zr. The van der Waals surface area contributed by atoms with E-state index in [0.29, 0.717) is 7.25 Å². The van der Waals surface area contributed by atoms with Gasteiger partial charge in [-0.25, -0.2) is 0 Å². The van der Waals surface area contributed by atoms with Crippen LogP contribution in [0.1, 0.15) is 29.5 Å². The third kappa shape index (κ3) is 3.04. The molecule has 0 aromatic heterocycles. The molecular weight excluding hydrogens is 402 g/mol. The second-order valence-electron chi connectivity index (χ2n) is 6.75. The SMILES string of the molecule is [CH3][Zr+2]([CH3])([CH]1C=Cc2ccccc21)[CH]1C=Cc2ccccc21.[Cl-].[Cl-]. The van der Waals surface area contributed by atoms with Gasteiger partial charge < -0.3 is 24.8 Å². The van der Waals surface area contributed by atoms with E-state index >= 15 is 0 Å². The van der Waals surface area contributed by atoms with Gasteiger partial charge in [0.1, 0.15) is 0 Å². The molecule has 0 saturated carbocycles. The predicted molar refractivity (Wildman–Crippen MR) is 88.2 cm³/mol. The van der Waals surface area contributed by atoms with E-state index in [2.05, 4.69) is 82.1 Å². The van der Waals surface area contributed by atoms with Crippen LogP contribution in [0.25, 0.3) is 12.2 Å². The largest absolute Gasteiger partial charge is 1.00 e. The van der Waals surface area contributed by atoms with Crippen molar-refractivity contribution in [3.8, 4) is 0 Å². The molecule has 2 unspecified atom stereocenters. The minimum Gasteiger partial charge on any atom is -1.00 e. The van der Waals surface area contributed by atoms with E-state index < -0.39 is 20.3 Å². The number of hydrogen-bond acceptors (Lipinski definition) is 0. The molecule has 0 radical (unpaired) electrons. The van der Waals surface area contributed by atoms with Gasteiger partial charge >= 0.3 is 132 Å².